The maximum Gasteiger partial charge on any atom is 0.256 e. The van der Waals surface area contributed by atoms with E-state index in [0.29, 0.717) is 5.56 Å². The number of hydrogen-bond acceptors (Lipinski definition) is 3. The summed E-state index contributed by atoms with van der Waals surface area (Å²) in [7, 11) is -3.41. The van der Waals surface area contributed by atoms with Gasteiger partial charge in [-0.2, -0.15) is 0 Å². The summed E-state index contributed by atoms with van der Waals surface area (Å²) in [6.07, 6.45) is 2.39. The molecule has 1 aliphatic rings. The molecule has 7 heteroatoms. The van der Waals surface area contributed by atoms with Gasteiger partial charge in [-0.25, -0.2) is 17.2 Å². The normalized spacial score (nSPS) is 15.6. The molecule has 3 rings (SSSR count). The minimum Gasteiger partial charge on any atom is -0.321 e. The first-order chi connectivity index (χ1) is 10.8. The van der Waals surface area contributed by atoms with E-state index < -0.39 is 27.4 Å². The van der Waals surface area contributed by atoms with E-state index >= 15 is 0 Å². The van der Waals surface area contributed by atoms with Crippen LogP contribution in [-0.4, -0.2) is 20.6 Å². The Hall–Kier alpha value is -2.54. The fraction of sp³-hybridized carbons (Fsp3) is 0.0625. The zero-order valence-corrected chi connectivity index (χ0v) is 12.7. The van der Waals surface area contributed by atoms with Crippen molar-refractivity contribution in [2.75, 3.05) is 11.6 Å². The highest BCUT2D eigenvalue weighted by atomic mass is 32.2. The molecule has 118 valence electrons. The highest BCUT2D eigenvalue weighted by Gasteiger charge is 2.29. The number of carbonyl (C=O) groups is 1. The monoisotopic (exact) mass is 335 g/mol. The average molecular weight is 335 g/mol. The number of halogens is 2. The third-order valence-electron chi connectivity index (χ3n) is 3.45. The van der Waals surface area contributed by atoms with Gasteiger partial charge < -0.3 is 5.32 Å². The number of nitrogens with one attached hydrogen (secondary N) is 1. The van der Waals surface area contributed by atoms with Gasteiger partial charge in [0.25, 0.3) is 5.91 Å². The summed E-state index contributed by atoms with van der Waals surface area (Å²) in [4.78, 5) is 12.1. The predicted molar refractivity (Wildman–Crippen MR) is 82.4 cm³/mol. The molecule has 0 spiro atoms. The van der Waals surface area contributed by atoms with E-state index in [-0.39, 0.29) is 21.7 Å². The molecule has 0 saturated heterocycles. The quantitative estimate of drug-likeness (QED) is 0.859. The summed E-state index contributed by atoms with van der Waals surface area (Å²) in [5.41, 5.74) is 0.372. The van der Waals surface area contributed by atoms with Crippen LogP contribution in [0.1, 0.15) is 11.1 Å². The lowest BCUT2D eigenvalue weighted by molar-refractivity contribution is -0.110. The predicted octanol–water partition coefficient (Wildman–Crippen LogP) is 2.86. The zero-order chi connectivity index (χ0) is 16.8. The standard InChI is InChI=1S/C16H11F2NO3S/c1-23(21,22)10-4-2-3-9(7-10)8-11-14-13(19-16(11)20)6-5-12(17)15(14)18/h2-8H,1H3,(H,19,20)/b11-8-. The Morgan fingerprint density at radius 1 is 1.13 bits per heavy atom. The number of rotatable bonds is 2. The lowest BCUT2D eigenvalue weighted by Crippen LogP contribution is -2.03. The van der Waals surface area contributed by atoms with E-state index in [1.54, 1.807) is 6.07 Å². The van der Waals surface area contributed by atoms with Gasteiger partial charge in [-0.05, 0) is 35.9 Å². The third-order valence-corrected chi connectivity index (χ3v) is 4.56. The molecule has 0 fully saturated rings. The Bertz CT molecular complexity index is 965. The van der Waals surface area contributed by atoms with Crippen LogP contribution in [0.5, 0.6) is 0 Å². The number of carbonyl (C=O) groups excluding carboxylic acids is 1. The molecule has 2 aromatic rings. The Kier molecular flexibility index (Phi) is 3.52. The number of benzene rings is 2. The number of fused-ring (bicyclic) bond motifs is 1. The number of hydrogen-bond donors (Lipinski definition) is 1. The third kappa shape index (κ3) is 2.75. The van der Waals surface area contributed by atoms with Crippen molar-refractivity contribution in [2.24, 2.45) is 0 Å². The molecule has 1 amide bonds. The van der Waals surface area contributed by atoms with Crippen molar-refractivity contribution in [1.29, 1.82) is 0 Å². The first-order valence-electron chi connectivity index (χ1n) is 6.59. The van der Waals surface area contributed by atoms with Gasteiger partial charge in [-0.3, -0.25) is 4.79 Å². The molecule has 0 atom stereocenters. The van der Waals surface area contributed by atoms with Crippen LogP contribution < -0.4 is 5.32 Å². The summed E-state index contributed by atoms with van der Waals surface area (Å²) in [5, 5.41) is 2.45. The van der Waals surface area contributed by atoms with E-state index in [1.165, 1.54) is 30.3 Å². The van der Waals surface area contributed by atoms with Crippen LogP contribution in [0.2, 0.25) is 0 Å². The topological polar surface area (TPSA) is 63.2 Å². The van der Waals surface area contributed by atoms with Crippen molar-refractivity contribution in [3.8, 4) is 0 Å². The van der Waals surface area contributed by atoms with Gasteiger partial charge in [0.1, 0.15) is 0 Å². The molecule has 2 aromatic carbocycles. The minimum absolute atomic E-state index is 0.0531. The van der Waals surface area contributed by atoms with Crippen molar-refractivity contribution in [1.82, 2.24) is 0 Å². The Labute approximate surface area is 131 Å². The Morgan fingerprint density at radius 2 is 1.87 bits per heavy atom. The molecule has 0 unspecified atom stereocenters. The molecule has 1 N–H and O–H groups in total. The maximum absolute atomic E-state index is 14.0. The van der Waals surface area contributed by atoms with E-state index in [1.807, 2.05) is 0 Å². The van der Waals surface area contributed by atoms with Gasteiger partial charge in [0, 0.05) is 11.8 Å². The first kappa shape index (κ1) is 15.4. The molecular formula is C16H11F2NO3S. The SMILES string of the molecule is CS(=O)(=O)c1cccc(/C=C2\C(=O)Nc3ccc(F)c(F)c32)c1. The van der Waals surface area contributed by atoms with Crippen LogP contribution in [0.15, 0.2) is 41.3 Å². The molecule has 0 aromatic heterocycles. The molecule has 1 aliphatic heterocycles. The summed E-state index contributed by atoms with van der Waals surface area (Å²) >= 11 is 0. The highest BCUT2D eigenvalue weighted by molar-refractivity contribution is 7.90. The van der Waals surface area contributed by atoms with Gasteiger partial charge in [-0.15, -0.1) is 0 Å². The number of sulfone groups is 1. The van der Waals surface area contributed by atoms with E-state index in [2.05, 4.69) is 5.32 Å². The first-order valence-corrected chi connectivity index (χ1v) is 8.48. The lowest BCUT2D eigenvalue weighted by atomic mass is 10.0. The molecule has 1 heterocycles. The fourth-order valence-corrected chi connectivity index (χ4v) is 3.04. The maximum atomic E-state index is 14.0. The molecule has 4 nitrogen and oxygen atoms in total. The van der Waals surface area contributed by atoms with Crippen LogP contribution in [0, 0.1) is 11.6 Å². The van der Waals surface area contributed by atoms with Crippen LogP contribution >= 0.6 is 0 Å². The van der Waals surface area contributed by atoms with Crippen LogP contribution in [0.3, 0.4) is 0 Å². The second kappa shape index (κ2) is 5.27. The zero-order valence-electron chi connectivity index (χ0n) is 11.9. The van der Waals surface area contributed by atoms with Crippen molar-refractivity contribution in [3.63, 3.8) is 0 Å². The summed E-state index contributed by atoms with van der Waals surface area (Å²) < 4.78 is 50.6. The van der Waals surface area contributed by atoms with Gasteiger partial charge in [-0.1, -0.05) is 12.1 Å². The Morgan fingerprint density at radius 3 is 2.57 bits per heavy atom. The van der Waals surface area contributed by atoms with E-state index in [0.717, 1.165) is 12.3 Å². The van der Waals surface area contributed by atoms with Crippen LogP contribution in [0.25, 0.3) is 11.6 Å². The van der Waals surface area contributed by atoms with Gasteiger partial charge >= 0.3 is 0 Å². The molecule has 0 bridgehead atoms. The van der Waals surface area contributed by atoms with E-state index in [4.69, 9.17) is 0 Å². The largest absolute Gasteiger partial charge is 0.321 e. The molecular weight excluding hydrogens is 324 g/mol. The van der Waals surface area contributed by atoms with Crippen molar-refractivity contribution in [3.05, 3.63) is 59.2 Å². The number of anilines is 1. The second-order valence-electron chi connectivity index (χ2n) is 5.14. The molecule has 0 aliphatic carbocycles. The van der Waals surface area contributed by atoms with Crippen molar-refractivity contribution >= 4 is 33.1 Å². The van der Waals surface area contributed by atoms with Crippen molar-refractivity contribution in [2.45, 2.75) is 4.90 Å². The highest BCUT2D eigenvalue weighted by Crippen LogP contribution is 2.36. The summed E-state index contributed by atoms with van der Waals surface area (Å²) in [6.45, 7) is 0. The van der Waals surface area contributed by atoms with Crippen LogP contribution in [0.4, 0.5) is 14.5 Å². The van der Waals surface area contributed by atoms with Crippen LogP contribution in [-0.2, 0) is 14.6 Å². The molecule has 0 saturated carbocycles. The number of amides is 1. The lowest BCUT2D eigenvalue weighted by Gasteiger charge is -2.03. The van der Waals surface area contributed by atoms with Gasteiger partial charge in [0.2, 0.25) is 0 Å². The van der Waals surface area contributed by atoms with E-state index in [9.17, 15) is 22.0 Å². The van der Waals surface area contributed by atoms with Crippen molar-refractivity contribution < 1.29 is 22.0 Å². The second-order valence-corrected chi connectivity index (χ2v) is 7.16. The fourth-order valence-electron chi connectivity index (χ4n) is 2.36. The smallest absolute Gasteiger partial charge is 0.256 e. The summed E-state index contributed by atoms with van der Waals surface area (Å²) in [6, 6.07) is 8.08. The Balaban J connectivity index is 2.16. The van der Waals surface area contributed by atoms with Gasteiger partial charge in [0.15, 0.2) is 21.5 Å². The average Bonchev–Trinajstić information content (AvgIpc) is 2.79. The molecule has 0 radical (unpaired) electrons. The van der Waals surface area contributed by atoms with Gasteiger partial charge in [0.05, 0.1) is 16.2 Å². The minimum atomic E-state index is -3.41. The summed E-state index contributed by atoms with van der Waals surface area (Å²) in [5.74, 6) is -2.75. The molecule has 23 heavy (non-hydrogen) atoms.